The van der Waals surface area contributed by atoms with Gasteiger partial charge in [-0.2, -0.15) is 5.10 Å². The molecule has 16 heavy (non-hydrogen) atoms. The standard InChI is InChI=1S/C12H19ClN2O/c1-5-9(6-2)12(16)11-10(13)7-14-15(11)8(3)4/h7-9H,5-6H2,1-4H3. The minimum absolute atomic E-state index is 0.0479. The minimum atomic E-state index is 0.0479. The Hall–Kier alpha value is -0.830. The summed E-state index contributed by atoms with van der Waals surface area (Å²) in [5.41, 5.74) is 0.561. The first-order valence-corrected chi connectivity index (χ1v) is 6.17. The number of carbonyl (C=O) groups excluding carboxylic acids is 1. The van der Waals surface area contributed by atoms with Gasteiger partial charge in [-0.15, -0.1) is 0 Å². The van der Waals surface area contributed by atoms with Crippen LogP contribution in [0.1, 0.15) is 57.1 Å². The van der Waals surface area contributed by atoms with E-state index >= 15 is 0 Å². The normalized spacial score (nSPS) is 11.4. The van der Waals surface area contributed by atoms with Crippen LogP contribution in [-0.4, -0.2) is 15.6 Å². The number of nitrogens with zero attached hydrogens (tertiary/aromatic N) is 2. The Morgan fingerprint density at radius 3 is 2.44 bits per heavy atom. The van der Waals surface area contributed by atoms with Crippen LogP contribution >= 0.6 is 11.6 Å². The molecule has 1 aromatic rings. The molecule has 0 N–H and O–H groups in total. The Balaban J connectivity index is 3.11. The van der Waals surface area contributed by atoms with Crippen LogP contribution in [0.2, 0.25) is 5.02 Å². The van der Waals surface area contributed by atoms with Crippen molar-refractivity contribution in [1.82, 2.24) is 9.78 Å². The highest BCUT2D eigenvalue weighted by Crippen LogP contribution is 2.24. The summed E-state index contributed by atoms with van der Waals surface area (Å²) in [6.45, 7) is 8.03. The van der Waals surface area contributed by atoms with E-state index < -0.39 is 0 Å². The average molecular weight is 243 g/mol. The summed E-state index contributed by atoms with van der Waals surface area (Å²) in [5.74, 6) is 0.160. The molecule has 0 saturated carbocycles. The predicted octanol–water partition coefficient (Wildman–Crippen LogP) is 3.74. The highest BCUT2D eigenvalue weighted by atomic mass is 35.5. The second-order valence-electron chi connectivity index (χ2n) is 4.26. The maximum absolute atomic E-state index is 12.3. The van der Waals surface area contributed by atoms with Crippen molar-refractivity contribution in [2.24, 2.45) is 5.92 Å². The van der Waals surface area contributed by atoms with Gasteiger partial charge in [0.15, 0.2) is 5.78 Å². The minimum Gasteiger partial charge on any atom is -0.292 e. The number of halogens is 1. The number of rotatable bonds is 5. The first-order chi connectivity index (χ1) is 7.52. The molecule has 0 radical (unpaired) electrons. The summed E-state index contributed by atoms with van der Waals surface area (Å²) in [4.78, 5) is 12.3. The number of aromatic nitrogens is 2. The van der Waals surface area contributed by atoms with Crippen molar-refractivity contribution in [1.29, 1.82) is 0 Å². The molecule has 0 fully saturated rings. The third-order valence-electron chi connectivity index (χ3n) is 2.83. The molecule has 1 rings (SSSR count). The van der Waals surface area contributed by atoms with Crippen LogP contribution in [-0.2, 0) is 0 Å². The lowest BCUT2D eigenvalue weighted by Crippen LogP contribution is -2.19. The van der Waals surface area contributed by atoms with Gasteiger partial charge in [-0.25, -0.2) is 0 Å². The number of hydrogen-bond acceptors (Lipinski definition) is 2. The molecule has 0 saturated heterocycles. The third-order valence-corrected chi connectivity index (χ3v) is 3.11. The molecule has 0 unspecified atom stereocenters. The van der Waals surface area contributed by atoms with E-state index in [1.165, 1.54) is 0 Å². The monoisotopic (exact) mass is 242 g/mol. The summed E-state index contributed by atoms with van der Waals surface area (Å²) in [6.07, 6.45) is 3.24. The molecule has 0 aromatic carbocycles. The van der Waals surface area contributed by atoms with Crippen LogP contribution in [0.5, 0.6) is 0 Å². The molecule has 0 atom stereocenters. The van der Waals surface area contributed by atoms with Crippen molar-refractivity contribution in [3.8, 4) is 0 Å². The SMILES string of the molecule is CCC(CC)C(=O)c1c(Cl)cnn1C(C)C. The molecule has 3 nitrogen and oxygen atoms in total. The largest absolute Gasteiger partial charge is 0.292 e. The quantitative estimate of drug-likeness (QED) is 0.738. The fraction of sp³-hybridized carbons (Fsp3) is 0.667. The van der Waals surface area contributed by atoms with Crippen molar-refractivity contribution in [3.63, 3.8) is 0 Å². The van der Waals surface area contributed by atoms with Gasteiger partial charge in [0, 0.05) is 12.0 Å². The Labute approximate surface area is 102 Å². The lowest BCUT2D eigenvalue weighted by Gasteiger charge is -2.15. The third kappa shape index (κ3) is 2.46. The van der Waals surface area contributed by atoms with E-state index in [1.807, 2.05) is 27.7 Å². The summed E-state index contributed by atoms with van der Waals surface area (Å²) in [6, 6.07) is 0.154. The van der Waals surface area contributed by atoms with Crippen LogP contribution in [0, 0.1) is 5.92 Å². The van der Waals surface area contributed by atoms with E-state index in [9.17, 15) is 4.79 Å². The fourth-order valence-corrected chi connectivity index (χ4v) is 2.04. The van der Waals surface area contributed by atoms with Crippen LogP contribution in [0.4, 0.5) is 0 Å². The van der Waals surface area contributed by atoms with Crippen LogP contribution in [0.3, 0.4) is 0 Å². The second kappa shape index (κ2) is 5.48. The van der Waals surface area contributed by atoms with Crippen molar-refractivity contribution >= 4 is 17.4 Å². The Morgan fingerprint density at radius 2 is 2.00 bits per heavy atom. The molecule has 0 amide bonds. The van der Waals surface area contributed by atoms with Crippen molar-refractivity contribution in [2.75, 3.05) is 0 Å². The molecular formula is C12H19ClN2O. The molecule has 1 aromatic heterocycles. The van der Waals surface area contributed by atoms with Crippen molar-refractivity contribution < 1.29 is 4.79 Å². The van der Waals surface area contributed by atoms with Gasteiger partial charge in [0.25, 0.3) is 0 Å². The molecule has 1 heterocycles. The van der Waals surface area contributed by atoms with Crippen molar-refractivity contribution in [2.45, 2.75) is 46.6 Å². The van der Waals surface area contributed by atoms with Gasteiger partial charge in [-0.05, 0) is 26.7 Å². The van der Waals surface area contributed by atoms with E-state index in [1.54, 1.807) is 10.9 Å². The fourth-order valence-electron chi connectivity index (χ4n) is 1.82. The first-order valence-electron chi connectivity index (χ1n) is 5.80. The van der Waals surface area contributed by atoms with Gasteiger partial charge in [0.1, 0.15) is 5.69 Å². The zero-order chi connectivity index (χ0) is 12.3. The van der Waals surface area contributed by atoms with E-state index in [0.29, 0.717) is 10.7 Å². The highest BCUT2D eigenvalue weighted by molar-refractivity contribution is 6.33. The van der Waals surface area contributed by atoms with Crippen molar-refractivity contribution in [3.05, 3.63) is 16.9 Å². The molecular weight excluding hydrogens is 224 g/mol. The van der Waals surface area contributed by atoms with Crippen LogP contribution in [0.25, 0.3) is 0 Å². The van der Waals surface area contributed by atoms with Gasteiger partial charge < -0.3 is 0 Å². The maximum Gasteiger partial charge on any atom is 0.185 e. The highest BCUT2D eigenvalue weighted by Gasteiger charge is 2.24. The summed E-state index contributed by atoms with van der Waals surface area (Å²) in [7, 11) is 0. The van der Waals surface area contributed by atoms with Crippen LogP contribution in [0.15, 0.2) is 6.20 Å². The topological polar surface area (TPSA) is 34.9 Å². The number of ketones is 1. The van der Waals surface area contributed by atoms with E-state index in [-0.39, 0.29) is 17.7 Å². The van der Waals surface area contributed by atoms with E-state index in [0.717, 1.165) is 12.8 Å². The molecule has 90 valence electrons. The van der Waals surface area contributed by atoms with Gasteiger partial charge in [-0.3, -0.25) is 9.48 Å². The predicted molar refractivity (Wildman–Crippen MR) is 66.0 cm³/mol. The molecule has 0 aliphatic rings. The Kier molecular flexibility index (Phi) is 4.54. The first kappa shape index (κ1) is 13.2. The van der Waals surface area contributed by atoms with Crippen LogP contribution < -0.4 is 0 Å². The van der Waals surface area contributed by atoms with Gasteiger partial charge in [0.2, 0.25) is 0 Å². The average Bonchev–Trinajstić information content (AvgIpc) is 2.61. The summed E-state index contributed by atoms with van der Waals surface area (Å²) < 4.78 is 1.71. The number of hydrogen-bond donors (Lipinski definition) is 0. The summed E-state index contributed by atoms with van der Waals surface area (Å²) in [5, 5.41) is 4.61. The van der Waals surface area contributed by atoms with E-state index in [4.69, 9.17) is 11.6 Å². The number of carbonyl (C=O) groups is 1. The Bertz CT molecular complexity index is 367. The molecule has 0 bridgehead atoms. The molecule has 0 aliphatic carbocycles. The molecule has 0 spiro atoms. The lowest BCUT2D eigenvalue weighted by molar-refractivity contribution is 0.0900. The maximum atomic E-state index is 12.3. The zero-order valence-electron chi connectivity index (χ0n) is 10.3. The summed E-state index contributed by atoms with van der Waals surface area (Å²) >= 11 is 6.04. The van der Waals surface area contributed by atoms with Gasteiger partial charge >= 0.3 is 0 Å². The smallest absolute Gasteiger partial charge is 0.185 e. The van der Waals surface area contributed by atoms with E-state index in [2.05, 4.69) is 5.10 Å². The number of Topliss-reactive ketones (excluding diaryl/α,β-unsaturated/α-hetero) is 1. The molecule has 4 heteroatoms. The van der Waals surface area contributed by atoms with Gasteiger partial charge in [-0.1, -0.05) is 25.4 Å². The zero-order valence-corrected chi connectivity index (χ0v) is 11.1. The second-order valence-corrected chi connectivity index (χ2v) is 4.66. The Morgan fingerprint density at radius 1 is 1.44 bits per heavy atom. The lowest BCUT2D eigenvalue weighted by atomic mass is 9.96. The molecule has 0 aliphatic heterocycles. The van der Waals surface area contributed by atoms with Gasteiger partial charge in [0.05, 0.1) is 11.2 Å².